The van der Waals surface area contributed by atoms with E-state index in [1.54, 1.807) is 6.07 Å². The minimum atomic E-state index is -2.99. The first-order valence-electron chi connectivity index (χ1n) is 6.68. The van der Waals surface area contributed by atoms with Gasteiger partial charge in [-0.2, -0.15) is 0 Å². The van der Waals surface area contributed by atoms with Crippen LogP contribution in [0, 0.1) is 12.7 Å². The van der Waals surface area contributed by atoms with Crippen molar-refractivity contribution in [2.75, 3.05) is 11.6 Å². The van der Waals surface area contributed by atoms with Gasteiger partial charge in [-0.15, -0.1) is 0 Å². The molecule has 1 aliphatic carbocycles. The number of hydrogen-bond acceptors (Lipinski definition) is 3. The van der Waals surface area contributed by atoms with Crippen molar-refractivity contribution in [2.45, 2.75) is 43.9 Å². The maximum atomic E-state index is 13.4. The molecule has 1 fully saturated rings. The molecule has 1 aromatic rings. The molecule has 0 aromatic heterocycles. The predicted molar refractivity (Wildman–Crippen MR) is 83.3 cm³/mol. The first-order chi connectivity index (χ1) is 9.27. The fourth-order valence-corrected chi connectivity index (χ4v) is 4.21. The van der Waals surface area contributed by atoms with Crippen LogP contribution >= 0.6 is 15.9 Å². The standard InChI is InChI=1S/C14H19BrFNO2S/c1-9-6-13(16)12(15)8-14(9)17-10-4-3-5-11(7-10)20(2,18)19/h6,8,10-11,17H,3-5,7H2,1-2H3. The number of benzene rings is 1. The fourth-order valence-electron chi connectivity index (χ4n) is 2.69. The van der Waals surface area contributed by atoms with Crippen LogP contribution in [0.3, 0.4) is 0 Å². The molecular weight excluding hydrogens is 345 g/mol. The highest BCUT2D eigenvalue weighted by molar-refractivity contribution is 9.10. The van der Waals surface area contributed by atoms with Gasteiger partial charge in [-0.1, -0.05) is 6.42 Å². The Balaban J connectivity index is 2.12. The summed E-state index contributed by atoms with van der Waals surface area (Å²) in [6.07, 6.45) is 4.51. The minimum absolute atomic E-state index is 0.125. The number of sulfone groups is 1. The molecule has 2 unspecified atom stereocenters. The van der Waals surface area contributed by atoms with E-state index in [4.69, 9.17) is 0 Å². The molecule has 1 aliphatic rings. The largest absolute Gasteiger partial charge is 0.382 e. The van der Waals surface area contributed by atoms with Gasteiger partial charge in [-0.3, -0.25) is 0 Å². The number of rotatable bonds is 3. The lowest BCUT2D eigenvalue weighted by Gasteiger charge is -2.30. The van der Waals surface area contributed by atoms with Crippen molar-refractivity contribution in [3.05, 3.63) is 28.0 Å². The summed E-state index contributed by atoms with van der Waals surface area (Å²) >= 11 is 3.18. The first kappa shape index (κ1) is 15.8. The molecule has 20 heavy (non-hydrogen) atoms. The van der Waals surface area contributed by atoms with E-state index in [1.807, 2.05) is 6.92 Å². The lowest BCUT2D eigenvalue weighted by Crippen LogP contribution is -2.34. The monoisotopic (exact) mass is 363 g/mol. The molecule has 3 nitrogen and oxygen atoms in total. The Morgan fingerprint density at radius 3 is 2.70 bits per heavy atom. The highest BCUT2D eigenvalue weighted by atomic mass is 79.9. The zero-order chi connectivity index (χ0) is 14.9. The van der Waals surface area contributed by atoms with Crippen molar-refractivity contribution < 1.29 is 12.8 Å². The normalized spacial score (nSPS) is 23.6. The molecular formula is C14H19BrFNO2S. The van der Waals surface area contributed by atoms with E-state index in [0.717, 1.165) is 30.5 Å². The van der Waals surface area contributed by atoms with E-state index < -0.39 is 9.84 Å². The number of halogens is 2. The van der Waals surface area contributed by atoms with E-state index in [0.29, 0.717) is 10.9 Å². The minimum Gasteiger partial charge on any atom is -0.382 e. The molecule has 1 saturated carbocycles. The van der Waals surface area contributed by atoms with E-state index in [1.165, 1.54) is 12.3 Å². The van der Waals surface area contributed by atoms with Gasteiger partial charge in [0.1, 0.15) is 15.7 Å². The summed E-state index contributed by atoms with van der Waals surface area (Å²) in [6, 6.07) is 3.32. The highest BCUT2D eigenvalue weighted by Gasteiger charge is 2.29. The summed E-state index contributed by atoms with van der Waals surface area (Å²) in [5.74, 6) is -0.286. The van der Waals surface area contributed by atoms with Gasteiger partial charge in [0.05, 0.1) is 9.72 Å². The van der Waals surface area contributed by atoms with E-state index >= 15 is 0 Å². The third-order valence-electron chi connectivity index (χ3n) is 3.86. The summed E-state index contributed by atoms with van der Waals surface area (Å²) in [5, 5.41) is 3.09. The van der Waals surface area contributed by atoms with E-state index in [-0.39, 0.29) is 17.1 Å². The van der Waals surface area contributed by atoms with Crippen molar-refractivity contribution in [3.8, 4) is 0 Å². The lowest BCUT2D eigenvalue weighted by atomic mass is 9.94. The Hall–Kier alpha value is -0.620. The maximum Gasteiger partial charge on any atom is 0.150 e. The number of anilines is 1. The maximum absolute atomic E-state index is 13.4. The molecule has 0 radical (unpaired) electrons. The average molecular weight is 364 g/mol. The number of nitrogens with one attached hydrogen (secondary N) is 1. The summed E-state index contributed by atoms with van der Waals surface area (Å²) in [7, 11) is -2.99. The second kappa shape index (κ2) is 6.02. The van der Waals surface area contributed by atoms with Crippen molar-refractivity contribution in [3.63, 3.8) is 0 Å². The van der Waals surface area contributed by atoms with Gasteiger partial charge in [-0.05, 0) is 59.8 Å². The molecule has 0 heterocycles. The number of hydrogen-bond donors (Lipinski definition) is 1. The summed E-state index contributed by atoms with van der Waals surface area (Å²) < 4.78 is 37.2. The van der Waals surface area contributed by atoms with Gasteiger partial charge in [0.2, 0.25) is 0 Å². The molecule has 0 aliphatic heterocycles. The summed E-state index contributed by atoms with van der Waals surface area (Å²) in [5.41, 5.74) is 1.68. The smallest absolute Gasteiger partial charge is 0.150 e. The van der Waals surface area contributed by atoms with Crippen LogP contribution in [-0.4, -0.2) is 26.0 Å². The van der Waals surface area contributed by atoms with Crippen LogP contribution in [0.2, 0.25) is 0 Å². The molecule has 2 atom stereocenters. The van der Waals surface area contributed by atoms with Crippen LogP contribution in [-0.2, 0) is 9.84 Å². The zero-order valence-electron chi connectivity index (χ0n) is 11.6. The molecule has 0 bridgehead atoms. The quantitative estimate of drug-likeness (QED) is 0.890. The Kier molecular flexibility index (Phi) is 4.74. The Bertz CT molecular complexity index is 603. The van der Waals surface area contributed by atoms with Crippen molar-refractivity contribution in [1.29, 1.82) is 0 Å². The van der Waals surface area contributed by atoms with Gasteiger partial charge >= 0.3 is 0 Å². The van der Waals surface area contributed by atoms with Gasteiger partial charge < -0.3 is 5.32 Å². The molecule has 0 amide bonds. The number of aryl methyl sites for hydroxylation is 1. The van der Waals surface area contributed by atoms with Crippen molar-refractivity contribution in [2.24, 2.45) is 0 Å². The average Bonchev–Trinajstić information content (AvgIpc) is 2.35. The lowest BCUT2D eigenvalue weighted by molar-refractivity contribution is 0.453. The van der Waals surface area contributed by atoms with Crippen LogP contribution in [0.5, 0.6) is 0 Å². The molecule has 112 valence electrons. The highest BCUT2D eigenvalue weighted by Crippen LogP contribution is 2.29. The third-order valence-corrected chi connectivity index (χ3v) is 6.11. The van der Waals surface area contributed by atoms with Gasteiger partial charge in [0.25, 0.3) is 0 Å². The third kappa shape index (κ3) is 3.73. The topological polar surface area (TPSA) is 46.2 Å². The Morgan fingerprint density at radius 1 is 1.35 bits per heavy atom. The molecule has 2 rings (SSSR count). The van der Waals surface area contributed by atoms with Gasteiger partial charge in [0, 0.05) is 18.0 Å². The van der Waals surface area contributed by atoms with Crippen LogP contribution in [0.4, 0.5) is 10.1 Å². The van der Waals surface area contributed by atoms with Crippen molar-refractivity contribution in [1.82, 2.24) is 0 Å². The van der Waals surface area contributed by atoms with Crippen LogP contribution < -0.4 is 5.32 Å². The predicted octanol–water partition coefficient (Wildman–Crippen LogP) is 3.66. The summed E-state index contributed by atoms with van der Waals surface area (Å²) in [6.45, 7) is 1.84. The molecule has 1 N–H and O–H groups in total. The van der Waals surface area contributed by atoms with Crippen LogP contribution in [0.1, 0.15) is 31.2 Å². The molecule has 6 heteroatoms. The molecule has 1 aromatic carbocycles. The van der Waals surface area contributed by atoms with Crippen LogP contribution in [0.15, 0.2) is 16.6 Å². The first-order valence-corrected chi connectivity index (χ1v) is 9.43. The van der Waals surface area contributed by atoms with Crippen LogP contribution in [0.25, 0.3) is 0 Å². The Labute approximate surface area is 128 Å². The van der Waals surface area contributed by atoms with Gasteiger partial charge in [-0.25, -0.2) is 12.8 Å². The fraction of sp³-hybridized carbons (Fsp3) is 0.571. The van der Waals surface area contributed by atoms with Crippen molar-refractivity contribution >= 4 is 31.5 Å². The van der Waals surface area contributed by atoms with E-state index in [9.17, 15) is 12.8 Å². The molecule has 0 spiro atoms. The Morgan fingerprint density at radius 2 is 2.05 bits per heavy atom. The van der Waals surface area contributed by atoms with Gasteiger partial charge in [0.15, 0.2) is 0 Å². The molecule has 0 saturated heterocycles. The second-order valence-electron chi connectivity index (χ2n) is 5.54. The zero-order valence-corrected chi connectivity index (χ0v) is 14.0. The van der Waals surface area contributed by atoms with E-state index in [2.05, 4.69) is 21.2 Å². The summed E-state index contributed by atoms with van der Waals surface area (Å²) in [4.78, 5) is 0. The SMILES string of the molecule is Cc1cc(F)c(Br)cc1NC1CCCC(S(C)(=O)=O)C1. The second-order valence-corrected chi connectivity index (χ2v) is 8.72.